The van der Waals surface area contributed by atoms with Gasteiger partial charge in [0, 0.05) is 33.4 Å². The van der Waals surface area contributed by atoms with Gasteiger partial charge in [-0.3, -0.25) is 19.2 Å². The van der Waals surface area contributed by atoms with Crippen molar-refractivity contribution in [2.75, 3.05) is 12.4 Å². The predicted molar refractivity (Wildman–Crippen MR) is 125 cm³/mol. The van der Waals surface area contributed by atoms with Gasteiger partial charge in [0.2, 0.25) is 12.6 Å². The van der Waals surface area contributed by atoms with Gasteiger partial charge in [0.1, 0.15) is 19.0 Å². The van der Waals surface area contributed by atoms with Gasteiger partial charge >= 0.3 is 23.9 Å². The van der Waals surface area contributed by atoms with Crippen LogP contribution in [-0.4, -0.2) is 78.3 Å². The summed E-state index contributed by atoms with van der Waals surface area (Å²) in [5.41, 5.74) is 0.779. The summed E-state index contributed by atoms with van der Waals surface area (Å²) in [6.45, 7) is 8.64. The average molecular weight is 541 g/mol. The maximum atomic E-state index is 12.1. The van der Waals surface area contributed by atoms with E-state index in [0.29, 0.717) is 5.57 Å². The van der Waals surface area contributed by atoms with Crippen LogP contribution in [0, 0.1) is 5.92 Å². The van der Waals surface area contributed by atoms with Gasteiger partial charge in [0.25, 0.3) is 0 Å². The summed E-state index contributed by atoms with van der Waals surface area (Å²) in [5, 5.41) is -0.232. The maximum absolute atomic E-state index is 12.1. The van der Waals surface area contributed by atoms with E-state index in [2.05, 4.69) is 6.58 Å². The minimum Gasteiger partial charge on any atom is -0.471 e. The van der Waals surface area contributed by atoms with Crippen molar-refractivity contribution >= 4 is 40.8 Å². The topological polar surface area (TPSA) is 150 Å². The lowest BCUT2D eigenvalue weighted by Crippen LogP contribution is -2.63. The van der Waals surface area contributed by atoms with Crippen LogP contribution in [0.4, 0.5) is 0 Å². The highest BCUT2D eigenvalue weighted by atomic mass is 32.2. The fraction of sp³-hybridized carbons (Fsp3) is 0.542. The van der Waals surface area contributed by atoms with Crippen molar-refractivity contribution in [3.63, 3.8) is 0 Å². The highest BCUT2D eigenvalue weighted by Gasteiger charge is 2.53. The van der Waals surface area contributed by atoms with Crippen LogP contribution in [0.2, 0.25) is 0 Å². The van der Waals surface area contributed by atoms with Gasteiger partial charge in [-0.25, -0.2) is 4.79 Å². The molecule has 3 rings (SSSR count). The maximum Gasteiger partial charge on any atom is 0.341 e. The Labute approximate surface area is 217 Å². The van der Waals surface area contributed by atoms with Crippen molar-refractivity contribution in [3.05, 3.63) is 36.1 Å². The van der Waals surface area contributed by atoms with Gasteiger partial charge in [-0.2, -0.15) is 0 Å². The lowest BCUT2D eigenvalue weighted by atomic mass is 9.89. The fourth-order valence-electron chi connectivity index (χ4n) is 4.10. The lowest BCUT2D eigenvalue weighted by Gasteiger charge is -2.45. The van der Waals surface area contributed by atoms with Crippen LogP contribution in [0.25, 0.3) is 0 Å². The second kappa shape index (κ2) is 12.4. The fourth-order valence-corrected chi connectivity index (χ4v) is 4.76. The van der Waals surface area contributed by atoms with Gasteiger partial charge in [-0.05, 0) is 11.6 Å². The van der Waals surface area contributed by atoms with Gasteiger partial charge in [0.05, 0.1) is 11.5 Å². The molecule has 0 aliphatic carbocycles. The third-order valence-corrected chi connectivity index (χ3v) is 6.39. The van der Waals surface area contributed by atoms with E-state index in [-0.39, 0.29) is 23.0 Å². The molecule has 0 amide bonds. The molecule has 37 heavy (non-hydrogen) atoms. The summed E-state index contributed by atoms with van der Waals surface area (Å²) in [4.78, 5) is 59.6. The van der Waals surface area contributed by atoms with Gasteiger partial charge < -0.3 is 33.2 Å². The summed E-state index contributed by atoms with van der Waals surface area (Å²) in [6, 6.07) is 0. The van der Waals surface area contributed by atoms with E-state index in [1.165, 1.54) is 19.3 Å². The van der Waals surface area contributed by atoms with E-state index in [1.807, 2.05) is 0 Å². The van der Waals surface area contributed by atoms with E-state index >= 15 is 0 Å². The van der Waals surface area contributed by atoms with E-state index in [4.69, 9.17) is 33.2 Å². The Hall–Kier alpha value is -3.16. The van der Waals surface area contributed by atoms with Crippen LogP contribution in [0.1, 0.15) is 27.7 Å². The number of ether oxygens (including phenoxy) is 7. The van der Waals surface area contributed by atoms with Crippen LogP contribution in [-0.2, 0) is 57.1 Å². The Balaban J connectivity index is 1.97. The number of carbonyl (C=O) groups is 5. The Morgan fingerprint density at radius 2 is 1.62 bits per heavy atom. The molecule has 3 heterocycles. The zero-order valence-corrected chi connectivity index (χ0v) is 21.5. The summed E-state index contributed by atoms with van der Waals surface area (Å²) in [6.07, 6.45) is -3.02. The molecule has 3 aliphatic rings. The minimum atomic E-state index is -1.39. The highest BCUT2D eigenvalue weighted by Crippen LogP contribution is 2.37. The zero-order valence-electron chi connectivity index (χ0n) is 20.7. The largest absolute Gasteiger partial charge is 0.471 e. The summed E-state index contributed by atoms with van der Waals surface area (Å²) >= 11 is 0.897. The number of thioether (sulfide) groups is 1. The molecule has 202 valence electrons. The van der Waals surface area contributed by atoms with E-state index in [9.17, 15) is 24.0 Å². The zero-order chi connectivity index (χ0) is 27.3. The van der Waals surface area contributed by atoms with E-state index < -0.39 is 66.8 Å². The first-order valence-electron chi connectivity index (χ1n) is 11.3. The van der Waals surface area contributed by atoms with Crippen LogP contribution in [0.15, 0.2) is 36.1 Å². The monoisotopic (exact) mass is 540 g/mol. The number of fused-ring (bicyclic) bond motifs is 1. The molecule has 12 nitrogen and oxygen atoms in total. The molecule has 0 aromatic carbocycles. The standard InChI is InChI=1S/C24H28O12S/c1-6-15-16-7-8-30-22(29)17(16)9-31-23(15)36-24-21(34-13(4)27)20(33-12(3)26)19(32-11(2)25)18(35-24)10-37-14(5)28/h6-7,9,15,18-21,23-24H,1,8,10H2,2-5H3/t15-,18-,19-,20+,21-,23+,24+/m1/s1. The number of hydrogen-bond acceptors (Lipinski definition) is 13. The van der Waals surface area contributed by atoms with Crippen LogP contribution >= 0.6 is 11.8 Å². The van der Waals surface area contributed by atoms with Crippen molar-refractivity contribution < 1.29 is 57.1 Å². The van der Waals surface area contributed by atoms with E-state index in [0.717, 1.165) is 32.5 Å². The molecule has 0 N–H and O–H groups in total. The quantitative estimate of drug-likeness (QED) is 0.248. The number of hydrogen-bond donors (Lipinski definition) is 0. The number of rotatable bonds is 8. The number of carbonyl (C=O) groups excluding carboxylic acids is 5. The molecule has 13 heteroatoms. The molecule has 0 spiro atoms. The Kier molecular flexibility index (Phi) is 9.51. The first kappa shape index (κ1) is 28.4. The van der Waals surface area contributed by atoms with Crippen LogP contribution < -0.4 is 0 Å². The van der Waals surface area contributed by atoms with Crippen molar-refractivity contribution in [1.29, 1.82) is 0 Å². The molecule has 0 radical (unpaired) electrons. The molecule has 1 fully saturated rings. The molecular formula is C24H28O12S. The van der Waals surface area contributed by atoms with Crippen LogP contribution in [0.5, 0.6) is 0 Å². The Morgan fingerprint density at radius 1 is 1.00 bits per heavy atom. The SMILES string of the molecule is C=C[C@@H]1C2=CCOC(=O)C2=CO[C@H]1O[C@@H]1O[C@H](CSC(C)=O)[C@@H](OC(C)=O)[C@H](OC(C)=O)[C@H]1OC(C)=O. The van der Waals surface area contributed by atoms with Gasteiger partial charge in [-0.15, -0.1) is 6.58 Å². The van der Waals surface area contributed by atoms with E-state index in [1.54, 1.807) is 6.08 Å². The summed E-state index contributed by atoms with van der Waals surface area (Å²) in [5.74, 6) is -3.39. The minimum absolute atomic E-state index is 0.00908. The Bertz CT molecular complexity index is 1020. The Morgan fingerprint density at radius 3 is 2.22 bits per heavy atom. The van der Waals surface area contributed by atoms with Gasteiger partial charge in [-0.1, -0.05) is 17.8 Å². The second-order valence-corrected chi connectivity index (χ2v) is 9.46. The number of esters is 4. The highest BCUT2D eigenvalue weighted by molar-refractivity contribution is 8.13. The number of cyclic esters (lactones) is 1. The molecule has 0 aromatic rings. The molecule has 0 bridgehead atoms. The molecular weight excluding hydrogens is 512 g/mol. The van der Waals surface area contributed by atoms with Crippen molar-refractivity contribution in [2.24, 2.45) is 5.92 Å². The summed E-state index contributed by atoms with van der Waals surface area (Å²) < 4.78 is 39.0. The predicted octanol–water partition coefficient (Wildman–Crippen LogP) is 1.33. The lowest BCUT2D eigenvalue weighted by molar-refractivity contribution is -0.332. The molecule has 0 aromatic heterocycles. The first-order valence-corrected chi connectivity index (χ1v) is 12.3. The van der Waals surface area contributed by atoms with Crippen molar-refractivity contribution in [3.8, 4) is 0 Å². The first-order chi connectivity index (χ1) is 17.5. The third kappa shape index (κ3) is 6.99. The normalized spacial score (nSPS) is 30.8. The molecule has 0 saturated carbocycles. The van der Waals surface area contributed by atoms with Crippen LogP contribution in [0.3, 0.4) is 0 Å². The van der Waals surface area contributed by atoms with Crippen molar-refractivity contribution in [2.45, 2.75) is 64.7 Å². The molecule has 7 atom stereocenters. The molecule has 1 saturated heterocycles. The average Bonchev–Trinajstić information content (AvgIpc) is 2.80. The van der Waals surface area contributed by atoms with Gasteiger partial charge in [0.15, 0.2) is 23.4 Å². The van der Waals surface area contributed by atoms with Crippen molar-refractivity contribution in [1.82, 2.24) is 0 Å². The smallest absolute Gasteiger partial charge is 0.341 e. The molecule has 3 aliphatic heterocycles. The molecule has 0 unspecified atom stereocenters. The summed E-state index contributed by atoms with van der Waals surface area (Å²) in [7, 11) is 0. The third-order valence-electron chi connectivity index (χ3n) is 5.49. The second-order valence-electron chi connectivity index (χ2n) is 8.26.